The van der Waals surface area contributed by atoms with Crippen molar-refractivity contribution >= 4 is 60.8 Å². The molecule has 3 nitrogen and oxygen atoms in total. The van der Waals surface area contributed by atoms with Crippen molar-refractivity contribution in [1.82, 2.24) is 4.57 Å². The van der Waals surface area contributed by atoms with Gasteiger partial charge in [0.25, 0.3) is 0 Å². The van der Waals surface area contributed by atoms with Crippen molar-refractivity contribution in [1.29, 1.82) is 0 Å². The lowest BCUT2D eigenvalue weighted by Gasteiger charge is -2.29. The van der Waals surface area contributed by atoms with E-state index in [9.17, 15) is 0 Å². The minimum Gasteiger partial charge on any atom is -0.455 e. The second-order valence-corrected chi connectivity index (χ2v) is 16.5. The predicted octanol–water partition coefficient (Wildman–Crippen LogP) is 17.1. The van der Waals surface area contributed by atoms with Gasteiger partial charge in [0.2, 0.25) is 0 Å². The zero-order valence-corrected chi connectivity index (χ0v) is 35.3. The number of aromatic nitrogens is 1. The largest absolute Gasteiger partial charge is 0.455 e. The van der Waals surface area contributed by atoms with Gasteiger partial charge in [-0.2, -0.15) is 0 Å². The zero-order chi connectivity index (χ0) is 42.6. The molecule has 10 aromatic carbocycles. The van der Waals surface area contributed by atoms with Gasteiger partial charge in [0.1, 0.15) is 11.2 Å². The first-order chi connectivity index (χ1) is 31.7. The van der Waals surface area contributed by atoms with E-state index in [1.807, 2.05) is 0 Å². The van der Waals surface area contributed by atoms with E-state index in [4.69, 9.17) is 4.42 Å². The number of para-hydroxylation sites is 4. The Bertz CT molecular complexity index is 3610. The first kappa shape index (κ1) is 37.4. The number of nitrogens with zero attached hydrogens (tertiary/aromatic N) is 2. The molecule has 64 heavy (non-hydrogen) atoms. The van der Waals surface area contributed by atoms with Gasteiger partial charge in [-0.25, -0.2) is 0 Å². The van der Waals surface area contributed by atoms with Crippen LogP contribution in [-0.4, -0.2) is 4.57 Å². The van der Waals surface area contributed by atoms with Crippen molar-refractivity contribution in [3.05, 3.63) is 242 Å². The number of benzene rings is 10. The molecule has 2 heterocycles. The molecule has 0 amide bonds. The van der Waals surface area contributed by atoms with Gasteiger partial charge in [-0.05, 0) is 107 Å². The minimum atomic E-state index is 0.846. The molecule has 0 spiro atoms. The van der Waals surface area contributed by atoms with Crippen molar-refractivity contribution in [3.63, 3.8) is 0 Å². The molecule has 0 aliphatic carbocycles. The van der Waals surface area contributed by atoms with E-state index >= 15 is 0 Å². The quantitative estimate of drug-likeness (QED) is 0.152. The second-order valence-electron chi connectivity index (χ2n) is 16.5. The van der Waals surface area contributed by atoms with Crippen LogP contribution in [0.4, 0.5) is 17.1 Å². The molecular formula is C61H42N2O. The summed E-state index contributed by atoms with van der Waals surface area (Å²) in [5, 5.41) is 4.59. The van der Waals surface area contributed by atoms with Crippen molar-refractivity contribution in [2.45, 2.75) is 6.92 Å². The van der Waals surface area contributed by atoms with Crippen LogP contribution in [0.15, 0.2) is 241 Å². The highest BCUT2D eigenvalue weighted by molar-refractivity contribution is 6.18. The average molecular weight is 819 g/mol. The Morgan fingerprint density at radius 3 is 1.62 bits per heavy atom. The second kappa shape index (κ2) is 15.5. The Hall–Kier alpha value is -8.40. The molecule has 0 fully saturated rings. The van der Waals surface area contributed by atoms with Gasteiger partial charge in [0.05, 0.1) is 27.8 Å². The van der Waals surface area contributed by atoms with Crippen LogP contribution < -0.4 is 4.90 Å². The number of fused-ring (bicyclic) bond motifs is 6. The van der Waals surface area contributed by atoms with Gasteiger partial charge in [0.15, 0.2) is 0 Å². The van der Waals surface area contributed by atoms with Gasteiger partial charge in [-0.15, -0.1) is 0 Å². The van der Waals surface area contributed by atoms with Crippen LogP contribution >= 0.6 is 0 Å². The first-order valence-electron chi connectivity index (χ1n) is 21.9. The van der Waals surface area contributed by atoms with Gasteiger partial charge >= 0.3 is 0 Å². The van der Waals surface area contributed by atoms with Crippen LogP contribution in [0, 0.1) is 6.92 Å². The van der Waals surface area contributed by atoms with Crippen LogP contribution in [0.3, 0.4) is 0 Å². The molecule has 0 N–H and O–H groups in total. The van der Waals surface area contributed by atoms with E-state index in [1.165, 1.54) is 60.8 Å². The van der Waals surface area contributed by atoms with Gasteiger partial charge in [0, 0.05) is 38.7 Å². The third-order valence-corrected chi connectivity index (χ3v) is 12.7. The van der Waals surface area contributed by atoms with Crippen molar-refractivity contribution in [2.75, 3.05) is 4.90 Å². The summed E-state index contributed by atoms with van der Waals surface area (Å²) < 4.78 is 9.49. The molecule has 0 unspecified atom stereocenters. The fourth-order valence-electron chi connectivity index (χ4n) is 9.88. The maximum atomic E-state index is 7.08. The molecule has 3 heteroatoms. The molecule has 12 rings (SSSR count). The Morgan fingerprint density at radius 1 is 0.391 bits per heavy atom. The summed E-state index contributed by atoms with van der Waals surface area (Å²) in [6.07, 6.45) is 0. The van der Waals surface area contributed by atoms with Crippen LogP contribution in [0.25, 0.3) is 93.9 Å². The van der Waals surface area contributed by atoms with Crippen LogP contribution in [0.2, 0.25) is 0 Å². The summed E-state index contributed by atoms with van der Waals surface area (Å²) >= 11 is 0. The Labute approximate surface area is 372 Å². The number of rotatable bonds is 8. The predicted molar refractivity (Wildman–Crippen MR) is 269 cm³/mol. The Kier molecular flexibility index (Phi) is 9.05. The molecule has 0 atom stereocenters. The average Bonchev–Trinajstić information content (AvgIpc) is 3.92. The van der Waals surface area contributed by atoms with E-state index < -0.39 is 0 Å². The SMILES string of the molecule is Cc1cc(N(c2ccc(-c3ccccc3)cc2)c2ccc(-c3ccccc3-n3c4ccccc4c4ccccc43)c3oc4ccccc4c23)cc(-c2ccccc2)c1-c1ccccc1. The minimum absolute atomic E-state index is 0.846. The molecule has 2 aromatic heterocycles. The first-order valence-corrected chi connectivity index (χ1v) is 21.9. The molecule has 0 aliphatic heterocycles. The van der Waals surface area contributed by atoms with Crippen LogP contribution in [-0.2, 0) is 0 Å². The topological polar surface area (TPSA) is 21.3 Å². The molecule has 12 aromatic rings. The monoisotopic (exact) mass is 818 g/mol. The molecule has 0 saturated heterocycles. The van der Waals surface area contributed by atoms with Crippen LogP contribution in [0.5, 0.6) is 0 Å². The number of furan rings is 1. The molecule has 0 bridgehead atoms. The van der Waals surface area contributed by atoms with Crippen molar-refractivity contribution < 1.29 is 4.42 Å². The maximum absolute atomic E-state index is 7.08. The van der Waals surface area contributed by atoms with Crippen molar-refractivity contribution in [3.8, 4) is 50.2 Å². The number of anilines is 3. The number of hydrogen-bond acceptors (Lipinski definition) is 2. The lowest BCUT2D eigenvalue weighted by atomic mass is 9.90. The third kappa shape index (κ3) is 6.20. The fourth-order valence-corrected chi connectivity index (χ4v) is 9.88. The lowest BCUT2D eigenvalue weighted by molar-refractivity contribution is 0.670. The smallest absolute Gasteiger partial charge is 0.145 e. The molecule has 0 aliphatic rings. The van der Waals surface area contributed by atoms with E-state index in [0.717, 1.165) is 55.8 Å². The fraction of sp³-hybridized carbons (Fsp3) is 0.0164. The molecular weight excluding hydrogens is 777 g/mol. The van der Waals surface area contributed by atoms with E-state index in [2.05, 4.69) is 253 Å². The van der Waals surface area contributed by atoms with E-state index in [0.29, 0.717) is 0 Å². The highest BCUT2D eigenvalue weighted by Crippen LogP contribution is 2.49. The molecule has 0 saturated carbocycles. The van der Waals surface area contributed by atoms with Gasteiger partial charge in [-0.3, -0.25) is 0 Å². The summed E-state index contributed by atoms with van der Waals surface area (Å²) in [4.78, 5) is 2.43. The number of aryl methyl sites for hydroxylation is 1. The van der Waals surface area contributed by atoms with E-state index in [-0.39, 0.29) is 0 Å². The third-order valence-electron chi connectivity index (χ3n) is 12.7. The highest BCUT2D eigenvalue weighted by atomic mass is 16.3. The van der Waals surface area contributed by atoms with E-state index in [1.54, 1.807) is 0 Å². The molecule has 302 valence electrons. The van der Waals surface area contributed by atoms with Crippen LogP contribution in [0.1, 0.15) is 5.56 Å². The van der Waals surface area contributed by atoms with Gasteiger partial charge in [-0.1, -0.05) is 176 Å². The van der Waals surface area contributed by atoms with Gasteiger partial charge < -0.3 is 13.9 Å². The Morgan fingerprint density at radius 2 is 0.938 bits per heavy atom. The summed E-state index contributed by atoms with van der Waals surface area (Å²) in [5.74, 6) is 0. The highest BCUT2D eigenvalue weighted by Gasteiger charge is 2.25. The Balaban J connectivity index is 1.13. The maximum Gasteiger partial charge on any atom is 0.145 e. The number of hydrogen-bond donors (Lipinski definition) is 0. The zero-order valence-electron chi connectivity index (χ0n) is 35.3. The normalized spacial score (nSPS) is 11.5. The summed E-state index contributed by atoms with van der Waals surface area (Å²) in [5.41, 5.74) is 18.7. The summed E-state index contributed by atoms with van der Waals surface area (Å²) in [6.45, 7) is 2.24. The standard InChI is InChI=1S/C61H42N2O/c1-41-39-47(40-53(44-21-7-3-8-22-44)59(41)45-23-9-4-10-24-45)62(46-35-33-43(34-36-46)42-19-5-2-6-20-42)57-38-37-51(61-60(57)52-28-14-18-32-58(52)64-61)50-27-13-17-31-56(50)63-54-29-15-11-25-48(54)49-26-12-16-30-55(49)63/h2-40H,1H3. The summed E-state index contributed by atoms with van der Waals surface area (Å²) in [6, 6.07) is 85.0. The summed E-state index contributed by atoms with van der Waals surface area (Å²) in [7, 11) is 0. The lowest BCUT2D eigenvalue weighted by Crippen LogP contribution is -2.11. The molecule has 0 radical (unpaired) electrons. The van der Waals surface area contributed by atoms with Crippen molar-refractivity contribution in [2.24, 2.45) is 0 Å².